The first kappa shape index (κ1) is 15.9. The Balaban J connectivity index is 2.41. The molecule has 1 aromatic carbocycles. The van der Waals surface area contributed by atoms with Gasteiger partial charge >= 0.3 is 5.97 Å². The maximum Gasteiger partial charge on any atom is 0.326 e. The molecular formula is C15H17BrFNO3. The summed E-state index contributed by atoms with van der Waals surface area (Å²) in [4.78, 5) is 25.6. The quantitative estimate of drug-likeness (QED) is 0.883. The average Bonchev–Trinajstić information content (AvgIpc) is 2.39. The topological polar surface area (TPSA) is 57.6 Å². The number of likely N-dealkylation sites (tertiary alicyclic amines) is 1. The van der Waals surface area contributed by atoms with Gasteiger partial charge in [0.05, 0.1) is 10.0 Å². The molecule has 1 saturated heterocycles. The van der Waals surface area contributed by atoms with Crippen molar-refractivity contribution in [1.29, 1.82) is 0 Å². The van der Waals surface area contributed by atoms with Crippen molar-refractivity contribution in [3.8, 4) is 0 Å². The minimum Gasteiger partial charge on any atom is -0.480 e. The van der Waals surface area contributed by atoms with Gasteiger partial charge < -0.3 is 10.0 Å². The molecule has 0 bridgehead atoms. The summed E-state index contributed by atoms with van der Waals surface area (Å²) in [5.74, 6) is -2.02. The van der Waals surface area contributed by atoms with Gasteiger partial charge in [-0.25, -0.2) is 9.18 Å². The number of carbonyl (C=O) groups is 2. The zero-order valence-electron chi connectivity index (χ0n) is 11.9. The Morgan fingerprint density at radius 1 is 1.43 bits per heavy atom. The van der Waals surface area contributed by atoms with Crippen LogP contribution in [-0.2, 0) is 4.79 Å². The maximum atomic E-state index is 13.6. The second-order valence-corrected chi connectivity index (χ2v) is 6.73. The molecule has 1 aromatic rings. The smallest absolute Gasteiger partial charge is 0.326 e. The van der Waals surface area contributed by atoms with Crippen LogP contribution in [0.3, 0.4) is 0 Å². The fourth-order valence-electron chi connectivity index (χ4n) is 2.90. The molecule has 1 atom stereocenters. The Labute approximate surface area is 131 Å². The summed E-state index contributed by atoms with van der Waals surface area (Å²) in [5, 5.41) is 9.48. The first-order valence-corrected chi connectivity index (χ1v) is 7.53. The third-order valence-corrected chi connectivity index (χ3v) is 4.75. The molecule has 0 radical (unpaired) electrons. The molecule has 0 aliphatic carbocycles. The van der Waals surface area contributed by atoms with Crippen LogP contribution < -0.4 is 0 Å². The first-order valence-electron chi connectivity index (χ1n) is 6.73. The number of piperidine rings is 1. The summed E-state index contributed by atoms with van der Waals surface area (Å²) in [5.41, 5.74) is -0.363. The van der Waals surface area contributed by atoms with Gasteiger partial charge in [0.25, 0.3) is 5.91 Å². The van der Waals surface area contributed by atoms with E-state index in [4.69, 9.17) is 0 Å². The number of hydrogen-bond donors (Lipinski definition) is 1. The molecule has 1 fully saturated rings. The molecule has 21 heavy (non-hydrogen) atoms. The average molecular weight is 358 g/mol. The van der Waals surface area contributed by atoms with Crippen molar-refractivity contribution in [2.75, 3.05) is 6.54 Å². The van der Waals surface area contributed by atoms with Crippen LogP contribution in [0.2, 0.25) is 0 Å². The number of carboxylic acid groups (broad SMARTS) is 1. The predicted molar refractivity (Wildman–Crippen MR) is 79.6 cm³/mol. The number of amides is 1. The Bertz CT molecular complexity index is 588. The Hall–Kier alpha value is -1.43. The van der Waals surface area contributed by atoms with Crippen molar-refractivity contribution in [1.82, 2.24) is 4.90 Å². The van der Waals surface area contributed by atoms with Crippen molar-refractivity contribution >= 4 is 27.8 Å². The second kappa shape index (κ2) is 5.75. The van der Waals surface area contributed by atoms with Crippen LogP contribution in [0.25, 0.3) is 0 Å². The molecule has 1 aliphatic rings. The van der Waals surface area contributed by atoms with Crippen LogP contribution >= 0.6 is 15.9 Å². The van der Waals surface area contributed by atoms with E-state index in [1.165, 1.54) is 23.1 Å². The number of rotatable bonds is 2. The number of carboxylic acids is 1. The molecule has 2 rings (SSSR count). The van der Waals surface area contributed by atoms with E-state index < -0.39 is 29.2 Å². The van der Waals surface area contributed by atoms with Gasteiger partial charge in [-0.05, 0) is 46.3 Å². The first-order chi connectivity index (χ1) is 9.75. The number of hydrogen-bond acceptors (Lipinski definition) is 2. The Morgan fingerprint density at radius 2 is 2.10 bits per heavy atom. The van der Waals surface area contributed by atoms with Crippen LogP contribution in [0.5, 0.6) is 0 Å². The molecule has 1 unspecified atom stereocenters. The van der Waals surface area contributed by atoms with Gasteiger partial charge in [-0.2, -0.15) is 0 Å². The summed E-state index contributed by atoms with van der Waals surface area (Å²) < 4.78 is 13.7. The maximum absolute atomic E-state index is 13.6. The van der Waals surface area contributed by atoms with Crippen LogP contribution in [0.15, 0.2) is 22.7 Å². The van der Waals surface area contributed by atoms with Gasteiger partial charge in [0.15, 0.2) is 0 Å². The molecule has 1 aliphatic heterocycles. The van der Waals surface area contributed by atoms with E-state index >= 15 is 0 Å². The molecule has 0 saturated carbocycles. The number of nitrogens with zero attached hydrogens (tertiary/aromatic N) is 1. The molecule has 4 nitrogen and oxygen atoms in total. The molecule has 0 spiro atoms. The van der Waals surface area contributed by atoms with Gasteiger partial charge in [0.1, 0.15) is 11.9 Å². The van der Waals surface area contributed by atoms with Gasteiger partial charge in [0, 0.05) is 6.54 Å². The lowest BCUT2D eigenvalue weighted by Crippen LogP contribution is -2.56. The Morgan fingerprint density at radius 3 is 2.71 bits per heavy atom. The third-order valence-electron chi connectivity index (χ3n) is 3.95. The van der Waals surface area contributed by atoms with Crippen LogP contribution in [0.4, 0.5) is 4.39 Å². The number of benzene rings is 1. The molecule has 114 valence electrons. The SMILES string of the molecule is CC1(C)CCCN(C(=O)c2cccc(F)c2Br)C1C(=O)O. The summed E-state index contributed by atoms with van der Waals surface area (Å²) >= 11 is 3.06. The van der Waals surface area contributed by atoms with E-state index in [0.717, 1.165) is 12.8 Å². The Kier molecular flexibility index (Phi) is 4.37. The van der Waals surface area contributed by atoms with Gasteiger partial charge in [-0.3, -0.25) is 4.79 Å². The highest BCUT2D eigenvalue weighted by molar-refractivity contribution is 9.10. The fraction of sp³-hybridized carbons (Fsp3) is 0.467. The second-order valence-electron chi connectivity index (χ2n) is 5.93. The summed E-state index contributed by atoms with van der Waals surface area (Å²) in [6.07, 6.45) is 1.47. The van der Waals surface area contributed by atoms with E-state index in [-0.39, 0.29) is 10.0 Å². The van der Waals surface area contributed by atoms with E-state index in [9.17, 15) is 19.1 Å². The molecule has 1 N–H and O–H groups in total. The predicted octanol–water partition coefficient (Wildman–Crippen LogP) is 3.30. The van der Waals surface area contributed by atoms with Crippen LogP contribution in [-0.4, -0.2) is 34.5 Å². The lowest BCUT2D eigenvalue weighted by Gasteiger charge is -2.44. The van der Waals surface area contributed by atoms with E-state index in [2.05, 4.69) is 15.9 Å². The largest absolute Gasteiger partial charge is 0.480 e. The molecule has 1 heterocycles. The summed E-state index contributed by atoms with van der Waals surface area (Å²) in [6.45, 7) is 4.04. The van der Waals surface area contributed by atoms with Gasteiger partial charge in [-0.1, -0.05) is 19.9 Å². The summed E-state index contributed by atoms with van der Waals surface area (Å²) in [6, 6.07) is 3.28. The minimum atomic E-state index is -1.03. The standard InChI is InChI=1S/C15H17BrFNO3/c1-15(2)7-4-8-18(12(15)14(20)21)13(19)9-5-3-6-10(17)11(9)16/h3,5-6,12H,4,7-8H2,1-2H3,(H,20,21). The van der Waals surface area contributed by atoms with Gasteiger partial charge in [0.2, 0.25) is 0 Å². The highest BCUT2D eigenvalue weighted by Crippen LogP contribution is 2.36. The zero-order chi connectivity index (χ0) is 15.8. The zero-order valence-corrected chi connectivity index (χ0v) is 13.5. The van der Waals surface area contributed by atoms with Crippen molar-refractivity contribution < 1.29 is 19.1 Å². The third kappa shape index (κ3) is 2.95. The minimum absolute atomic E-state index is 0.0718. The number of aliphatic carboxylic acids is 1. The summed E-state index contributed by atoms with van der Waals surface area (Å²) in [7, 11) is 0. The van der Waals surface area contributed by atoms with Crippen molar-refractivity contribution in [3.05, 3.63) is 34.1 Å². The van der Waals surface area contributed by atoms with E-state index in [1.807, 2.05) is 13.8 Å². The van der Waals surface area contributed by atoms with Crippen molar-refractivity contribution in [2.24, 2.45) is 5.41 Å². The van der Waals surface area contributed by atoms with Crippen LogP contribution in [0.1, 0.15) is 37.0 Å². The van der Waals surface area contributed by atoms with E-state index in [0.29, 0.717) is 6.54 Å². The lowest BCUT2D eigenvalue weighted by atomic mass is 9.76. The molecular weight excluding hydrogens is 341 g/mol. The molecule has 6 heteroatoms. The highest BCUT2D eigenvalue weighted by Gasteiger charge is 2.44. The number of halogens is 2. The fourth-order valence-corrected chi connectivity index (χ4v) is 3.34. The monoisotopic (exact) mass is 357 g/mol. The van der Waals surface area contributed by atoms with Crippen molar-refractivity contribution in [3.63, 3.8) is 0 Å². The molecule has 1 amide bonds. The number of carbonyl (C=O) groups excluding carboxylic acids is 1. The van der Waals surface area contributed by atoms with Crippen molar-refractivity contribution in [2.45, 2.75) is 32.7 Å². The van der Waals surface area contributed by atoms with Crippen LogP contribution in [0, 0.1) is 11.2 Å². The lowest BCUT2D eigenvalue weighted by molar-refractivity contribution is -0.148. The highest BCUT2D eigenvalue weighted by atomic mass is 79.9. The normalized spacial score (nSPS) is 21.1. The van der Waals surface area contributed by atoms with Gasteiger partial charge in [-0.15, -0.1) is 0 Å². The molecule has 0 aromatic heterocycles. The van der Waals surface area contributed by atoms with E-state index in [1.54, 1.807) is 0 Å².